The molecule has 10 heteroatoms. The summed E-state index contributed by atoms with van der Waals surface area (Å²) in [7, 11) is 1.35. The Balaban J connectivity index is 1.52. The number of nitrogens with zero attached hydrogens (tertiary/aromatic N) is 1. The number of H-pyrrole nitrogens is 1. The number of hydrogen-bond acceptors (Lipinski definition) is 7. The number of amides is 1. The molecule has 0 saturated heterocycles. The Labute approximate surface area is 205 Å². The molecule has 0 bridgehead atoms. The fourth-order valence-electron chi connectivity index (χ4n) is 4.16. The molecular formula is C24H28N3O5S2+. The van der Waals surface area contributed by atoms with E-state index in [0.717, 1.165) is 41.5 Å². The average Bonchev–Trinajstić information content (AvgIpc) is 3.36. The van der Waals surface area contributed by atoms with Crippen LogP contribution in [0.3, 0.4) is 0 Å². The topological polar surface area (TPSA) is 105 Å². The highest BCUT2D eigenvalue weighted by atomic mass is 32.2. The number of aromatic nitrogens is 2. The van der Waals surface area contributed by atoms with Crippen LogP contribution in [-0.2, 0) is 22.4 Å². The molecule has 1 aliphatic carbocycles. The molecular weight excluding hydrogens is 474 g/mol. The molecule has 2 aromatic heterocycles. The van der Waals surface area contributed by atoms with Crippen LogP contribution in [0.1, 0.15) is 48.0 Å². The maximum absolute atomic E-state index is 12.8. The number of para-hydroxylation sites is 1. The van der Waals surface area contributed by atoms with Gasteiger partial charge in [0.15, 0.2) is 0 Å². The van der Waals surface area contributed by atoms with Gasteiger partial charge in [0.05, 0.1) is 18.4 Å². The highest BCUT2D eigenvalue weighted by Crippen LogP contribution is 2.44. The molecule has 0 aliphatic heterocycles. The lowest BCUT2D eigenvalue weighted by molar-refractivity contribution is -0.704. The van der Waals surface area contributed by atoms with Gasteiger partial charge in [-0.2, -0.15) is 0 Å². The molecule has 4 rings (SSSR count). The first kappa shape index (κ1) is 24.3. The van der Waals surface area contributed by atoms with Gasteiger partial charge >= 0.3 is 16.6 Å². The van der Waals surface area contributed by atoms with Crippen molar-refractivity contribution in [3.05, 3.63) is 56.8 Å². The maximum Gasteiger partial charge on any atom is 0.442 e. The molecule has 1 aromatic carbocycles. The van der Waals surface area contributed by atoms with Crippen molar-refractivity contribution in [1.82, 2.24) is 5.27 Å². The summed E-state index contributed by atoms with van der Waals surface area (Å²) in [5.74, 6) is -0.280. The predicted octanol–water partition coefficient (Wildman–Crippen LogP) is 3.97. The van der Waals surface area contributed by atoms with Crippen molar-refractivity contribution in [2.24, 2.45) is 11.3 Å². The van der Waals surface area contributed by atoms with Crippen LogP contribution >= 0.6 is 23.1 Å². The molecule has 0 radical (unpaired) electrons. The first-order valence-electron chi connectivity index (χ1n) is 11.0. The summed E-state index contributed by atoms with van der Waals surface area (Å²) in [6, 6.07) is 9.18. The highest BCUT2D eigenvalue weighted by Gasteiger charge is 2.34. The molecule has 3 aromatic rings. The Hall–Kier alpha value is -2.85. The summed E-state index contributed by atoms with van der Waals surface area (Å²) in [6.45, 7) is 6.70. The van der Waals surface area contributed by atoms with Crippen LogP contribution < -0.4 is 15.6 Å². The van der Waals surface area contributed by atoms with Gasteiger partial charge in [0, 0.05) is 17.0 Å². The Morgan fingerprint density at radius 2 is 2.03 bits per heavy atom. The Morgan fingerprint density at radius 3 is 2.71 bits per heavy atom. The number of esters is 1. The van der Waals surface area contributed by atoms with E-state index in [0.29, 0.717) is 22.2 Å². The van der Waals surface area contributed by atoms with E-state index in [9.17, 15) is 14.4 Å². The van der Waals surface area contributed by atoms with Crippen molar-refractivity contribution in [2.75, 3.05) is 18.2 Å². The van der Waals surface area contributed by atoms with Crippen LogP contribution in [0, 0.1) is 11.3 Å². The third-order valence-electron chi connectivity index (χ3n) is 6.09. The molecule has 1 aliphatic rings. The third-order valence-corrected chi connectivity index (χ3v) is 8.29. The number of thioether (sulfide) groups is 1. The number of nitrogens with one attached hydrogen (secondary N) is 2. The minimum absolute atomic E-state index is 0.0246. The highest BCUT2D eigenvalue weighted by molar-refractivity contribution is 7.99. The average molecular weight is 503 g/mol. The van der Waals surface area contributed by atoms with Gasteiger partial charge in [0.2, 0.25) is 11.6 Å². The number of carbonyl (C=O) groups is 2. The second-order valence-corrected chi connectivity index (χ2v) is 11.4. The minimum Gasteiger partial charge on any atom is -0.465 e. The standard InChI is InChI=1S/C24H27N3O5S2/c1-24(2,3)14-10-11-16-17(12-14)34-20(19(16)22(29)31-4)25-18(28)13-33-21-23(30)32-26-27(21)15-8-6-5-7-9-15/h5-9,14H,10-13H2,1-4H3,(H-,25,26,28,29,30)/p+1. The Kier molecular flexibility index (Phi) is 6.99. The zero-order valence-corrected chi connectivity index (χ0v) is 21.2. The quantitative estimate of drug-likeness (QED) is 0.300. The predicted molar refractivity (Wildman–Crippen MR) is 131 cm³/mol. The summed E-state index contributed by atoms with van der Waals surface area (Å²) in [6.07, 6.45) is 2.65. The molecule has 8 nitrogen and oxygen atoms in total. The lowest BCUT2D eigenvalue weighted by Crippen LogP contribution is -2.36. The Bertz CT molecular complexity index is 1250. The molecule has 2 heterocycles. The lowest BCUT2D eigenvalue weighted by Gasteiger charge is -2.33. The van der Waals surface area contributed by atoms with Gasteiger partial charge in [0.25, 0.3) is 0 Å². The van der Waals surface area contributed by atoms with E-state index in [1.54, 1.807) is 0 Å². The van der Waals surface area contributed by atoms with Crippen molar-refractivity contribution in [3.8, 4) is 5.69 Å². The van der Waals surface area contributed by atoms with Crippen LogP contribution in [0.25, 0.3) is 5.69 Å². The monoisotopic (exact) mass is 502 g/mol. The van der Waals surface area contributed by atoms with Crippen molar-refractivity contribution in [1.29, 1.82) is 0 Å². The van der Waals surface area contributed by atoms with Crippen molar-refractivity contribution in [2.45, 2.75) is 45.1 Å². The molecule has 1 amide bonds. The van der Waals surface area contributed by atoms with Gasteiger partial charge in [-0.1, -0.05) is 39.0 Å². The van der Waals surface area contributed by atoms with Gasteiger partial charge in [0.1, 0.15) is 5.00 Å². The van der Waals surface area contributed by atoms with Gasteiger partial charge in [-0.25, -0.2) is 9.59 Å². The van der Waals surface area contributed by atoms with E-state index in [1.807, 2.05) is 30.3 Å². The van der Waals surface area contributed by atoms with E-state index >= 15 is 0 Å². The maximum atomic E-state index is 12.8. The second kappa shape index (κ2) is 9.79. The third kappa shape index (κ3) is 4.97. The molecule has 2 N–H and O–H groups in total. The van der Waals surface area contributed by atoms with Crippen LogP contribution in [0.15, 0.2) is 44.7 Å². The number of aromatic amines is 1. The molecule has 34 heavy (non-hydrogen) atoms. The molecule has 180 valence electrons. The number of fused-ring (bicyclic) bond motifs is 1. The number of ether oxygens (including phenoxy) is 1. The number of benzene rings is 1. The number of thiophene rings is 1. The first-order chi connectivity index (χ1) is 16.2. The van der Waals surface area contributed by atoms with E-state index in [4.69, 9.17) is 9.26 Å². The summed E-state index contributed by atoms with van der Waals surface area (Å²) in [4.78, 5) is 38.7. The fraction of sp³-hybridized carbons (Fsp3) is 0.417. The largest absolute Gasteiger partial charge is 0.465 e. The fourth-order valence-corrected chi connectivity index (χ4v) is 6.26. The number of rotatable bonds is 6. The molecule has 0 spiro atoms. The summed E-state index contributed by atoms with van der Waals surface area (Å²) >= 11 is 2.51. The first-order valence-corrected chi connectivity index (χ1v) is 12.8. The number of carbonyl (C=O) groups excluding carboxylic acids is 2. The summed E-state index contributed by atoms with van der Waals surface area (Å²) in [5, 5.41) is 6.21. The number of methoxy groups -OCH3 is 1. The van der Waals surface area contributed by atoms with E-state index in [2.05, 4.69) is 31.4 Å². The van der Waals surface area contributed by atoms with Crippen molar-refractivity contribution in [3.63, 3.8) is 0 Å². The lowest BCUT2D eigenvalue weighted by atomic mass is 9.72. The van der Waals surface area contributed by atoms with E-state index in [1.165, 1.54) is 23.1 Å². The molecule has 0 fully saturated rings. The molecule has 0 saturated carbocycles. The molecule has 1 atom stereocenters. The second-order valence-electron chi connectivity index (χ2n) is 9.30. The smallest absolute Gasteiger partial charge is 0.442 e. The number of anilines is 1. The van der Waals surface area contributed by atoms with Gasteiger partial charge in [-0.3, -0.25) is 9.32 Å². The summed E-state index contributed by atoms with van der Waals surface area (Å²) < 4.78 is 11.5. The van der Waals surface area contributed by atoms with Crippen molar-refractivity contribution < 1.29 is 23.5 Å². The van der Waals surface area contributed by atoms with E-state index < -0.39 is 11.6 Å². The Morgan fingerprint density at radius 1 is 1.29 bits per heavy atom. The van der Waals surface area contributed by atoms with Gasteiger partial charge in [-0.15, -0.1) is 11.3 Å². The van der Waals surface area contributed by atoms with Crippen LogP contribution in [0.4, 0.5) is 5.00 Å². The van der Waals surface area contributed by atoms with Gasteiger partial charge < -0.3 is 10.1 Å². The van der Waals surface area contributed by atoms with Crippen LogP contribution in [-0.4, -0.2) is 30.0 Å². The van der Waals surface area contributed by atoms with Crippen LogP contribution in [0.5, 0.6) is 0 Å². The SMILES string of the molecule is COC(=O)c1c(NC(=O)CSc2c(=O)o[nH][n+]2-c2ccccc2)sc2c1CCC(C(C)(C)C)C2. The van der Waals surface area contributed by atoms with Gasteiger partial charge in [-0.05, 0) is 57.9 Å². The normalized spacial score (nSPS) is 15.6. The van der Waals surface area contributed by atoms with Crippen LogP contribution in [0.2, 0.25) is 0 Å². The molecule has 1 unspecified atom stereocenters. The summed E-state index contributed by atoms with van der Waals surface area (Å²) in [5.41, 5.74) is 1.75. The van der Waals surface area contributed by atoms with E-state index in [-0.39, 0.29) is 22.1 Å². The minimum atomic E-state index is -0.559. The van der Waals surface area contributed by atoms with Crippen molar-refractivity contribution >= 4 is 40.0 Å². The number of hydrogen-bond donors (Lipinski definition) is 2. The zero-order chi connectivity index (χ0) is 24.5. The zero-order valence-electron chi connectivity index (χ0n) is 19.6.